The van der Waals surface area contributed by atoms with E-state index in [1.165, 1.54) is 27.8 Å². The molecule has 0 aliphatic heterocycles. The minimum absolute atomic E-state index is 0.0985. The molecule has 0 bridgehead atoms. The summed E-state index contributed by atoms with van der Waals surface area (Å²) in [6, 6.07) is 14.7. The number of benzene rings is 2. The Labute approximate surface area is 115 Å². The van der Waals surface area contributed by atoms with Crippen LogP contribution in [0.4, 0.5) is 4.39 Å². The van der Waals surface area contributed by atoms with Gasteiger partial charge in [0.2, 0.25) is 0 Å². The monoisotopic (exact) mass is 271 g/mol. The van der Waals surface area contributed by atoms with Crippen molar-refractivity contribution in [3.8, 4) is 0 Å². The van der Waals surface area contributed by atoms with Gasteiger partial charge in [-0.1, -0.05) is 30.3 Å². The van der Waals surface area contributed by atoms with E-state index >= 15 is 0 Å². The highest BCUT2D eigenvalue weighted by Crippen LogP contribution is 2.28. The summed E-state index contributed by atoms with van der Waals surface area (Å²) in [4.78, 5) is 0. The van der Waals surface area contributed by atoms with Crippen molar-refractivity contribution in [1.29, 1.82) is 0 Å². The van der Waals surface area contributed by atoms with Crippen LogP contribution < -0.4 is 5.73 Å². The van der Waals surface area contributed by atoms with Crippen molar-refractivity contribution in [2.45, 2.75) is 12.5 Å². The number of hydrogen-bond donors (Lipinski definition) is 1. The first-order valence-corrected chi connectivity index (χ1v) is 7.08. The summed E-state index contributed by atoms with van der Waals surface area (Å²) in [7, 11) is 0. The molecule has 1 aromatic heterocycles. The summed E-state index contributed by atoms with van der Waals surface area (Å²) in [5, 5.41) is 3.43. The van der Waals surface area contributed by atoms with Crippen LogP contribution in [0.2, 0.25) is 0 Å². The van der Waals surface area contributed by atoms with Crippen molar-refractivity contribution in [3.05, 3.63) is 70.9 Å². The highest BCUT2D eigenvalue weighted by Gasteiger charge is 2.10. The Morgan fingerprint density at radius 2 is 1.79 bits per heavy atom. The molecule has 0 spiro atoms. The molecule has 0 aliphatic rings. The van der Waals surface area contributed by atoms with E-state index in [4.69, 9.17) is 5.73 Å². The molecular weight excluding hydrogens is 257 g/mol. The van der Waals surface area contributed by atoms with Crippen LogP contribution in [0.5, 0.6) is 0 Å². The van der Waals surface area contributed by atoms with Crippen molar-refractivity contribution in [2.24, 2.45) is 5.73 Å². The van der Waals surface area contributed by atoms with Crippen molar-refractivity contribution in [2.75, 3.05) is 0 Å². The lowest BCUT2D eigenvalue weighted by atomic mass is 9.99. The molecule has 1 heterocycles. The van der Waals surface area contributed by atoms with Gasteiger partial charge in [-0.15, -0.1) is 11.3 Å². The fourth-order valence-electron chi connectivity index (χ4n) is 2.26. The van der Waals surface area contributed by atoms with E-state index in [-0.39, 0.29) is 11.9 Å². The number of rotatable bonds is 3. The molecule has 2 aromatic carbocycles. The van der Waals surface area contributed by atoms with Gasteiger partial charge in [-0.2, -0.15) is 0 Å². The fourth-order valence-corrected chi connectivity index (χ4v) is 3.23. The largest absolute Gasteiger partial charge is 0.324 e. The van der Waals surface area contributed by atoms with E-state index in [1.54, 1.807) is 23.5 Å². The van der Waals surface area contributed by atoms with Crippen molar-refractivity contribution in [3.63, 3.8) is 0 Å². The summed E-state index contributed by atoms with van der Waals surface area (Å²) in [6.07, 6.45) is 0.773. The predicted molar refractivity (Wildman–Crippen MR) is 78.9 cm³/mol. The molecule has 1 unspecified atom stereocenters. The first-order valence-electron chi connectivity index (χ1n) is 6.20. The zero-order chi connectivity index (χ0) is 13.2. The summed E-state index contributed by atoms with van der Waals surface area (Å²) in [6.45, 7) is 0. The highest BCUT2D eigenvalue weighted by atomic mass is 32.1. The van der Waals surface area contributed by atoms with Gasteiger partial charge >= 0.3 is 0 Å². The molecule has 19 heavy (non-hydrogen) atoms. The van der Waals surface area contributed by atoms with Crippen LogP contribution in [0.1, 0.15) is 17.2 Å². The Bertz CT molecular complexity index is 687. The molecule has 3 rings (SSSR count). The lowest BCUT2D eigenvalue weighted by Gasteiger charge is -2.11. The second-order valence-corrected chi connectivity index (χ2v) is 5.53. The van der Waals surface area contributed by atoms with E-state index in [1.807, 2.05) is 12.1 Å². The van der Waals surface area contributed by atoms with Crippen LogP contribution in [-0.4, -0.2) is 0 Å². The molecule has 3 heteroatoms. The first-order chi connectivity index (χ1) is 9.24. The van der Waals surface area contributed by atoms with Crippen LogP contribution in [0, 0.1) is 5.82 Å². The van der Waals surface area contributed by atoms with E-state index in [0.717, 1.165) is 12.0 Å². The molecule has 96 valence electrons. The normalized spacial score (nSPS) is 12.7. The zero-order valence-electron chi connectivity index (χ0n) is 10.3. The maximum Gasteiger partial charge on any atom is 0.123 e. The van der Waals surface area contributed by atoms with E-state index < -0.39 is 0 Å². The van der Waals surface area contributed by atoms with Gasteiger partial charge in [0.1, 0.15) is 5.82 Å². The van der Waals surface area contributed by atoms with E-state index in [2.05, 4.69) is 17.5 Å². The van der Waals surface area contributed by atoms with Gasteiger partial charge in [-0.3, -0.25) is 0 Å². The number of fused-ring (bicyclic) bond motifs is 1. The molecule has 0 saturated carbocycles. The lowest BCUT2D eigenvalue weighted by molar-refractivity contribution is 0.624. The number of halogens is 1. The molecule has 0 saturated heterocycles. The van der Waals surface area contributed by atoms with Crippen molar-refractivity contribution >= 4 is 21.4 Å². The second-order valence-electron chi connectivity index (χ2n) is 4.62. The molecule has 1 atom stereocenters. The van der Waals surface area contributed by atoms with Crippen LogP contribution >= 0.6 is 11.3 Å². The average molecular weight is 271 g/mol. The van der Waals surface area contributed by atoms with Crippen LogP contribution in [0.15, 0.2) is 53.9 Å². The molecule has 0 fully saturated rings. The third-order valence-electron chi connectivity index (χ3n) is 3.30. The van der Waals surface area contributed by atoms with E-state index in [9.17, 15) is 4.39 Å². The minimum Gasteiger partial charge on any atom is -0.324 e. The SMILES string of the molecule is NC(Cc1csc2ccccc12)c1ccc(F)cc1. The molecule has 0 radical (unpaired) electrons. The molecule has 1 nitrogen and oxygen atoms in total. The molecule has 2 N–H and O–H groups in total. The Morgan fingerprint density at radius 1 is 1.05 bits per heavy atom. The Hall–Kier alpha value is -1.71. The van der Waals surface area contributed by atoms with Crippen LogP contribution in [0.3, 0.4) is 0 Å². The minimum atomic E-state index is -0.225. The van der Waals surface area contributed by atoms with E-state index in [0.29, 0.717) is 0 Å². The van der Waals surface area contributed by atoms with Crippen LogP contribution in [-0.2, 0) is 6.42 Å². The summed E-state index contributed by atoms with van der Waals surface area (Å²) >= 11 is 1.74. The van der Waals surface area contributed by atoms with Gasteiger partial charge in [0.25, 0.3) is 0 Å². The van der Waals surface area contributed by atoms with Gasteiger partial charge in [0, 0.05) is 10.7 Å². The number of thiophene rings is 1. The van der Waals surface area contributed by atoms with Crippen LogP contribution in [0.25, 0.3) is 10.1 Å². The zero-order valence-corrected chi connectivity index (χ0v) is 11.2. The summed E-state index contributed by atoms with van der Waals surface area (Å²) in [5.74, 6) is -0.225. The van der Waals surface area contributed by atoms with Crippen molar-refractivity contribution in [1.82, 2.24) is 0 Å². The average Bonchev–Trinajstić information content (AvgIpc) is 2.83. The quantitative estimate of drug-likeness (QED) is 0.756. The Morgan fingerprint density at radius 3 is 2.58 bits per heavy atom. The first kappa shape index (κ1) is 12.3. The number of hydrogen-bond acceptors (Lipinski definition) is 2. The number of nitrogens with two attached hydrogens (primary N) is 1. The fraction of sp³-hybridized carbons (Fsp3) is 0.125. The second kappa shape index (κ2) is 5.11. The lowest BCUT2D eigenvalue weighted by Crippen LogP contribution is -2.13. The Balaban J connectivity index is 1.86. The smallest absolute Gasteiger partial charge is 0.123 e. The van der Waals surface area contributed by atoms with Gasteiger partial charge in [-0.25, -0.2) is 4.39 Å². The third kappa shape index (κ3) is 2.53. The summed E-state index contributed by atoms with van der Waals surface area (Å²) < 4.78 is 14.2. The molecule has 0 aliphatic carbocycles. The Kier molecular flexibility index (Phi) is 3.32. The van der Waals surface area contributed by atoms with Gasteiger partial charge in [-0.05, 0) is 46.5 Å². The standard InChI is InChI=1S/C16H14FNS/c17-13-7-5-11(6-8-13)15(18)9-12-10-19-16-4-2-1-3-14(12)16/h1-8,10,15H,9,18H2. The molecule has 3 aromatic rings. The third-order valence-corrected chi connectivity index (χ3v) is 4.31. The van der Waals surface area contributed by atoms with Gasteiger partial charge in [0.05, 0.1) is 0 Å². The molecular formula is C16H14FNS. The maximum atomic E-state index is 12.9. The van der Waals surface area contributed by atoms with Gasteiger partial charge in [0.15, 0.2) is 0 Å². The highest BCUT2D eigenvalue weighted by molar-refractivity contribution is 7.17. The summed E-state index contributed by atoms with van der Waals surface area (Å²) in [5.41, 5.74) is 8.44. The molecule has 0 amide bonds. The predicted octanol–water partition coefficient (Wildman–Crippen LogP) is 4.28. The topological polar surface area (TPSA) is 26.0 Å². The maximum absolute atomic E-state index is 12.9. The van der Waals surface area contributed by atoms with Gasteiger partial charge < -0.3 is 5.73 Å². The van der Waals surface area contributed by atoms with Crippen molar-refractivity contribution < 1.29 is 4.39 Å².